The van der Waals surface area contributed by atoms with Gasteiger partial charge in [0, 0.05) is 26.1 Å². The van der Waals surface area contributed by atoms with Crippen LogP contribution in [-0.2, 0) is 16.6 Å². The third-order valence-electron chi connectivity index (χ3n) is 5.38. The number of methoxy groups -OCH3 is 1. The van der Waals surface area contributed by atoms with Crippen molar-refractivity contribution in [3.05, 3.63) is 11.8 Å². The average Bonchev–Trinajstić information content (AvgIpc) is 2.97. The van der Waals surface area contributed by atoms with E-state index in [0.717, 1.165) is 24.6 Å². The van der Waals surface area contributed by atoms with Crippen molar-refractivity contribution in [3.63, 3.8) is 0 Å². The predicted octanol–water partition coefficient (Wildman–Crippen LogP) is 2.60. The maximum atomic E-state index is 12.8. The Bertz CT molecular complexity index is 549. The SMILES string of the molecule is COC1(C(=O)Nc2cc(C3CCCCC3)nn2C)CCNCC1.Cl. The van der Waals surface area contributed by atoms with E-state index in [2.05, 4.69) is 15.7 Å². The van der Waals surface area contributed by atoms with Crippen LogP contribution in [0, 0.1) is 0 Å². The highest BCUT2D eigenvalue weighted by Gasteiger charge is 2.40. The zero-order valence-electron chi connectivity index (χ0n) is 14.6. The third-order valence-corrected chi connectivity index (χ3v) is 5.38. The first kappa shape index (κ1) is 19.2. The number of carbonyl (C=O) groups excluding carboxylic acids is 1. The molecule has 2 N–H and O–H groups in total. The van der Waals surface area contributed by atoms with Crippen LogP contribution >= 0.6 is 12.4 Å². The number of ether oxygens (including phenoxy) is 1. The highest BCUT2D eigenvalue weighted by molar-refractivity contribution is 5.96. The van der Waals surface area contributed by atoms with Crippen molar-refractivity contribution < 1.29 is 9.53 Å². The molecule has 0 radical (unpaired) electrons. The van der Waals surface area contributed by atoms with Crippen molar-refractivity contribution >= 4 is 24.1 Å². The Labute approximate surface area is 150 Å². The number of amides is 1. The van der Waals surface area contributed by atoms with Gasteiger partial charge in [0.2, 0.25) is 0 Å². The summed E-state index contributed by atoms with van der Waals surface area (Å²) in [6, 6.07) is 2.04. The van der Waals surface area contributed by atoms with E-state index >= 15 is 0 Å². The molecule has 1 aromatic heterocycles. The molecule has 24 heavy (non-hydrogen) atoms. The standard InChI is InChI=1S/C17H28N4O2.ClH/c1-21-15(12-14(20-21)13-6-4-3-5-7-13)19-16(22)17(23-2)8-10-18-11-9-17;/h12-13,18H,3-11H2,1-2H3,(H,19,22);1H. The molecule has 1 aliphatic heterocycles. The first-order valence-electron chi connectivity index (χ1n) is 8.76. The van der Waals surface area contributed by atoms with E-state index in [1.165, 1.54) is 32.1 Å². The number of hydrogen-bond donors (Lipinski definition) is 2. The lowest BCUT2D eigenvalue weighted by Crippen LogP contribution is -2.51. The smallest absolute Gasteiger partial charge is 0.257 e. The largest absolute Gasteiger partial charge is 0.368 e. The topological polar surface area (TPSA) is 68.2 Å². The van der Waals surface area contributed by atoms with E-state index in [1.807, 2.05) is 13.1 Å². The Hall–Kier alpha value is -1.11. The van der Waals surface area contributed by atoms with Gasteiger partial charge in [-0.3, -0.25) is 9.48 Å². The third kappa shape index (κ3) is 3.92. The van der Waals surface area contributed by atoms with E-state index < -0.39 is 5.60 Å². The molecule has 0 bridgehead atoms. The summed E-state index contributed by atoms with van der Waals surface area (Å²) in [5.41, 5.74) is 0.389. The normalized spacial score (nSPS) is 21.1. The fourth-order valence-electron chi connectivity index (χ4n) is 3.79. The molecule has 2 heterocycles. The fourth-order valence-corrected chi connectivity index (χ4v) is 3.79. The molecule has 3 rings (SSSR count). The Balaban J connectivity index is 0.00000208. The van der Waals surface area contributed by atoms with Gasteiger partial charge in [0.05, 0.1) is 5.69 Å². The number of piperidine rings is 1. The Morgan fingerprint density at radius 2 is 2.00 bits per heavy atom. The molecule has 136 valence electrons. The number of hydrogen-bond acceptors (Lipinski definition) is 4. The number of carbonyl (C=O) groups is 1. The minimum atomic E-state index is -0.722. The number of rotatable bonds is 4. The lowest BCUT2D eigenvalue weighted by molar-refractivity contribution is -0.140. The summed E-state index contributed by atoms with van der Waals surface area (Å²) in [7, 11) is 3.52. The van der Waals surface area contributed by atoms with Crippen LogP contribution in [-0.4, -0.2) is 41.5 Å². The zero-order chi connectivity index (χ0) is 16.3. The summed E-state index contributed by atoms with van der Waals surface area (Å²) in [5.74, 6) is 1.25. The number of aryl methyl sites for hydroxylation is 1. The van der Waals surface area contributed by atoms with E-state index in [0.29, 0.717) is 18.8 Å². The van der Waals surface area contributed by atoms with Gasteiger partial charge < -0.3 is 15.4 Å². The van der Waals surface area contributed by atoms with Crippen molar-refractivity contribution in [2.24, 2.45) is 7.05 Å². The number of nitrogens with one attached hydrogen (secondary N) is 2. The van der Waals surface area contributed by atoms with Crippen LogP contribution in [0.1, 0.15) is 56.6 Å². The van der Waals surface area contributed by atoms with Gasteiger partial charge in [0.1, 0.15) is 11.4 Å². The summed E-state index contributed by atoms with van der Waals surface area (Å²) >= 11 is 0. The molecule has 7 heteroatoms. The van der Waals surface area contributed by atoms with E-state index in [-0.39, 0.29) is 18.3 Å². The van der Waals surface area contributed by atoms with Gasteiger partial charge in [-0.15, -0.1) is 12.4 Å². The second-order valence-corrected chi connectivity index (χ2v) is 6.82. The van der Waals surface area contributed by atoms with E-state index in [1.54, 1.807) is 11.8 Å². The summed E-state index contributed by atoms with van der Waals surface area (Å²) < 4.78 is 7.38. The molecule has 1 aliphatic carbocycles. The van der Waals surface area contributed by atoms with Crippen molar-refractivity contribution in [2.45, 2.75) is 56.5 Å². The number of nitrogens with zero attached hydrogens (tertiary/aromatic N) is 2. The van der Waals surface area contributed by atoms with Crippen LogP contribution in [0.3, 0.4) is 0 Å². The Morgan fingerprint density at radius 1 is 1.33 bits per heavy atom. The predicted molar refractivity (Wildman–Crippen MR) is 96.8 cm³/mol. The number of anilines is 1. The van der Waals surface area contributed by atoms with Crippen LogP contribution in [0.15, 0.2) is 6.07 Å². The van der Waals surface area contributed by atoms with Gasteiger partial charge in [-0.05, 0) is 38.8 Å². The van der Waals surface area contributed by atoms with Gasteiger partial charge in [-0.2, -0.15) is 5.10 Å². The van der Waals surface area contributed by atoms with Gasteiger partial charge in [0.15, 0.2) is 0 Å². The van der Waals surface area contributed by atoms with Crippen LogP contribution in [0.2, 0.25) is 0 Å². The average molecular weight is 357 g/mol. The molecule has 1 saturated heterocycles. The molecule has 2 aliphatic rings. The number of aromatic nitrogens is 2. The van der Waals surface area contributed by atoms with Crippen LogP contribution in [0.5, 0.6) is 0 Å². The van der Waals surface area contributed by atoms with E-state index in [4.69, 9.17) is 4.74 Å². The maximum Gasteiger partial charge on any atom is 0.257 e. The lowest BCUT2D eigenvalue weighted by Gasteiger charge is -2.34. The molecular weight excluding hydrogens is 328 g/mol. The highest BCUT2D eigenvalue weighted by Crippen LogP contribution is 2.33. The second kappa shape index (κ2) is 8.32. The van der Waals surface area contributed by atoms with Crippen LogP contribution in [0.4, 0.5) is 5.82 Å². The maximum absolute atomic E-state index is 12.8. The minimum absolute atomic E-state index is 0. The van der Waals surface area contributed by atoms with Gasteiger partial charge >= 0.3 is 0 Å². The summed E-state index contributed by atoms with van der Waals surface area (Å²) in [5, 5.41) is 10.9. The second-order valence-electron chi connectivity index (χ2n) is 6.82. The molecule has 1 amide bonds. The monoisotopic (exact) mass is 356 g/mol. The molecule has 1 saturated carbocycles. The molecule has 0 atom stereocenters. The lowest BCUT2D eigenvalue weighted by atomic mass is 9.87. The molecular formula is C17H29ClN4O2. The van der Waals surface area contributed by atoms with Gasteiger partial charge in [-0.1, -0.05) is 19.3 Å². The molecule has 1 aromatic rings. The van der Waals surface area contributed by atoms with Crippen molar-refractivity contribution in [2.75, 3.05) is 25.5 Å². The molecule has 0 unspecified atom stereocenters. The first-order valence-corrected chi connectivity index (χ1v) is 8.76. The summed E-state index contributed by atoms with van der Waals surface area (Å²) in [4.78, 5) is 12.8. The fraction of sp³-hybridized carbons (Fsp3) is 0.765. The Morgan fingerprint density at radius 3 is 2.62 bits per heavy atom. The van der Waals surface area contributed by atoms with Crippen molar-refractivity contribution in [3.8, 4) is 0 Å². The van der Waals surface area contributed by atoms with Gasteiger partial charge in [0.25, 0.3) is 5.91 Å². The molecule has 0 spiro atoms. The Kier molecular flexibility index (Phi) is 6.66. The summed E-state index contributed by atoms with van der Waals surface area (Å²) in [6.45, 7) is 1.61. The molecule has 2 fully saturated rings. The van der Waals surface area contributed by atoms with Crippen molar-refractivity contribution in [1.29, 1.82) is 0 Å². The molecule has 6 nitrogen and oxygen atoms in total. The van der Waals surface area contributed by atoms with Crippen LogP contribution < -0.4 is 10.6 Å². The first-order chi connectivity index (χ1) is 11.1. The quantitative estimate of drug-likeness (QED) is 0.870. The number of halogens is 1. The minimum Gasteiger partial charge on any atom is -0.368 e. The summed E-state index contributed by atoms with van der Waals surface area (Å²) in [6.07, 6.45) is 7.70. The highest BCUT2D eigenvalue weighted by atomic mass is 35.5. The van der Waals surface area contributed by atoms with Crippen molar-refractivity contribution in [1.82, 2.24) is 15.1 Å². The van der Waals surface area contributed by atoms with Gasteiger partial charge in [-0.25, -0.2) is 0 Å². The van der Waals surface area contributed by atoms with E-state index in [9.17, 15) is 4.79 Å². The van der Waals surface area contributed by atoms with Crippen LogP contribution in [0.25, 0.3) is 0 Å². The zero-order valence-corrected chi connectivity index (χ0v) is 15.5. The molecule has 0 aromatic carbocycles.